The van der Waals surface area contributed by atoms with E-state index in [4.69, 9.17) is 0 Å². The predicted octanol–water partition coefficient (Wildman–Crippen LogP) is 2.13. The number of aliphatic imine (C=N–C) groups is 1. The maximum absolute atomic E-state index is 4.54. The van der Waals surface area contributed by atoms with Crippen LogP contribution in [0.1, 0.15) is 18.4 Å². The summed E-state index contributed by atoms with van der Waals surface area (Å²) in [6.45, 7) is 8.19. The fourth-order valence-electron chi connectivity index (χ4n) is 4.58. The lowest BCUT2D eigenvalue weighted by Gasteiger charge is -2.36. The minimum atomic E-state index is 0.779. The highest BCUT2D eigenvalue weighted by Crippen LogP contribution is 2.21. The highest BCUT2D eigenvalue weighted by molar-refractivity contribution is 5.79. The largest absolute Gasteiger partial charge is 0.355 e. The van der Waals surface area contributed by atoms with Crippen molar-refractivity contribution in [2.45, 2.75) is 19.3 Å². The van der Waals surface area contributed by atoms with Crippen molar-refractivity contribution in [3.05, 3.63) is 54.4 Å². The molecule has 0 radical (unpaired) electrons. The molecule has 1 aromatic carbocycles. The zero-order valence-electron chi connectivity index (χ0n) is 18.7. The molecule has 2 fully saturated rings. The van der Waals surface area contributed by atoms with Crippen molar-refractivity contribution in [3.8, 4) is 0 Å². The molecule has 2 aromatic rings. The van der Waals surface area contributed by atoms with Crippen LogP contribution < -0.4 is 10.2 Å². The standard InChI is InChI=1S/C24H35N7/c1-25-23(30-13-8-22(9-14-30)20-21-6-3-2-4-7-21)28-12-15-29-16-18-31(19-17-29)24-26-10-5-11-27-24/h2-7,10-11,22H,8-9,12-20H2,1H3,(H,25,28). The minimum absolute atomic E-state index is 0.779. The Hall–Kier alpha value is -2.67. The van der Waals surface area contributed by atoms with E-state index in [1.807, 2.05) is 25.5 Å². The van der Waals surface area contributed by atoms with Gasteiger partial charge in [0.25, 0.3) is 0 Å². The molecule has 7 heteroatoms. The van der Waals surface area contributed by atoms with E-state index in [0.29, 0.717) is 0 Å². The highest BCUT2D eigenvalue weighted by atomic mass is 15.3. The Balaban J connectivity index is 1.15. The summed E-state index contributed by atoms with van der Waals surface area (Å²) in [5, 5.41) is 3.59. The van der Waals surface area contributed by atoms with E-state index in [0.717, 1.165) is 70.2 Å². The van der Waals surface area contributed by atoms with Crippen molar-refractivity contribution in [1.29, 1.82) is 0 Å². The summed E-state index contributed by atoms with van der Waals surface area (Å²) in [7, 11) is 1.90. The van der Waals surface area contributed by atoms with Crippen molar-refractivity contribution in [3.63, 3.8) is 0 Å². The maximum atomic E-state index is 4.54. The summed E-state index contributed by atoms with van der Waals surface area (Å²) in [5.74, 6) is 2.67. The average molecular weight is 422 g/mol. The number of anilines is 1. The Morgan fingerprint density at radius 2 is 1.68 bits per heavy atom. The Morgan fingerprint density at radius 1 is 0.968 bits per heavy atom. The Bertz CT molecular complexity index is 795. The average Bonchev–Trinajstić information content (AvgIpc) is 2.84. The second-order valence-electron chi connectivity index (χ2n) is 8.47. The van der Waals surface area contributed by atoms with Gasteiger partial charge in [-0.1, -0.05) is 30.3 Å². The third kappa shape index (κ3) is 6.17. The van der Waals surface area contributed by atoms with Crippen molar-refractivity contribution in [1.82, 2.24) is 25.1 Å². The molecule has 0 atom stereocenters. The number of hydrogen-bond donors (Lipinski definition) is 1. The maximum Gasteiger partial charge on any atom is 0.225 e. The van der Waals surface area contributed by atoms with Gasteiger partial charge in [0.05, 0.1) is 0 Å². The molecule has 0 amide bonds. The Morgan fingerprint density at radius 3 is 2.35 bits per heavy atom. The smallest absolute Gasteiger partial charge is 0.225 e. The molecular formula is C24H35N7. The lowest BCUT2D eigenvalue weighted by atomic mass is 9.90. The number of nitrogens with one attached hydrogen (secondary N) is 1. The van der Waals surface area contributed by atoms with Gasteiger partial charge in [0.15, 0.2) is 5.96 Å². The highest BCUT2D eigenvalue weighted by Gasteiger charge is 2.22. The molecule has 166 valence electrons. The van der Waals surface area contributed by atoms with E-state index in [1.165, 1.54) is 24.8 Å². The second-order valence-corrected chi connectivity index (χ2v) is 8.47. The van der Waals surface area contributed by atoms with Crippen molar-refractivity contribution in [2.24, 2.45) is 10.9 Å². The van der Waals surface area contributed by atoms with Crippen LogP contribution in [-0.4, -0.2) is 85.1 Å². The number of benzene rings is 1. The molecule has 0 saturated carbocycles. The van der Waals surface area contributed by atoms with E-state index in [2.05, 4.69) is 65.3 Å². The number of hydrogen-bond acceptors (Lipinski definition) is 5. The van der Waals surface area contributed by atoms with Gasteiger partial charge in [0, 0.05) is 71.8 Å². The summed E-state index contributed by atoms with van der Waals surface area (Å²) < 4.78 is 0. The van der Waals surface area contributed by atoms with Gasteiger partial charge in [-0.3, -0.25) is 9.89 Å². The molecule has 0 bridgehead atoms. The van der Waals surface area contributed by atoms with Gasteiger partial charge in [-0.2, -0.15) is 0 Å². The van der Waals surface area contributed by atoms with Gasteiger partial charge < -0.3 is 15.1 Å². The van der Waals surface area contributed by atoms with Crippen molar-refractivity contribution in [2.75, 3.05) is 64.3 Å². The number of rotatable bonds is 6. The third-order valence-electron chi connectivity index (χ3n) is 6.41. The quantitative estimate of drug-likeness (QED) is 0.570. The second kappa shape index (κ2) is 11.1. The van der Waals surface area contributed by atoms with Crippen LogP contribution in [0.5, 0.6) is 0 Å². The first-order valence-corrected chi connectivity index (χ1v) is 11.6. The monoisotopic (exact) mass is 421 g/mol. The molecule has 2 aliphatic rings. The molecule has 0 unspecified atom stereocenters. The van der Waals surface area contributed by atoms with Crippen molar-refractivity contribution >= 4 is 11.9 Å². The van der Waals surface area contributed by atoms with E-state index >= 15 is 0 Å². The molecule has 4 rings (SSSR count). The number of piperidine rings is 1. The van der Waals surface area contributed by atoms with Crippen LogP contribution in [0, 0.1) is 5.92 Å². The first-order chi connectivity index (χ1) is 15.3. The minimum Gasteiger partial charge on any atom is -0.355 e. The fourth-order valence-corrected chi connectivity index (χ4v) is 4.58. The number of likely N-dealkylation sites (tertiary alicyclic amines) is 1. The lowest BCUT2D eigenvalue weighted by Crippen LogP contribution is -2.51. The predicted molar refractivity (Wildman–Crippen MR) is 126 cm³/mol. The van der Waals surface area contributed by atoms with Crippen LogP contribution in [0.25, 0.3) is 0 Å². The van der Waals surface area contributed by atoms with Gasteiger partial charge in [-0.25, -0.2) is 9.97 Å². The van der Waals surface area contributed by atoms with E-state index < -0.39 is 0 Å². The zero-order chi connectivity index (χ0) is 21.3. The summed E-state index contributed by atoms with van der Waals surface area (Å²) in [4.78, 5) is 20.5. The number of aromatic nitrogens is 2. The van der Waals surface area contributed by atoms with Crippen LogP contribution in [0.4, 0.5) is 5.95 Å². The number of guanidine groups is 1. The van der Waals surface area contributed by atoms with Gasteiger partial charge in [-0.15, -0.1) is 0 Å². The van der Waals surface area contributed by atoms with Gasteiger partial charge in [0.1, 0.15) is 0 Å². The summed E-state index contributed by atoms with van der Waals surface area (Å²) in [6, 6.07) is 12.7. The van der Waals surface area contributed by atoms with Crippen LogP contribution in [0.3, 0.4) is 0 Å². The molecule has 1 N–H and O–H groups in total. The van der Waals surface area contributed by atoms with E-state index in [1.54, 1.807) is 0 Å². The van der Waals surface area contributed by atoms with Gasteiger partial charge in [-0.05, 0) is 36.8 Å². The van der Waals surface area contributed by atoms with Crippen LogP contribution in [-0.2, 0) is 6.42 Å². The number of nitrogens with zero attached hydrogens (tertiary/aromatic N) is 6. The Labute approximate surface area is 186 Å². The van der Waals surface area contributed by atoms with Crippen molar-refractivity contribution < 1.29 is 0 Å². The lowest BCUT2D eigenvalue weighted by molar-refractivity contribution is 0.248. The summed E-state index contributed by atoms with van der Waals surface area (Å²) in [5.41, 5.74) is 1.46. The molecule has 0 aliphatic carbocycles. The molecule has 31 heavy (non-hydrogen) atoms. The number of piperazine rings is 1. The van der Waals surface area contributed by atoms with Gasteiger partial charge >= 0.3 is 0 Å². The molecule has 1 aromatic heterocycles. The first kappa shape index (κ1) is 21.6. The normalized spacial score (nSPS) is 18.9. The zero-order valence-corrected chi connectivity index (χ0v) is 18.7. The first-order valence-electron chi connectivity index (χ1n) is 11.6. The van der Waals surface area contributed by atoms with Crippen LogP contribution in [0.15, 0.2) is 53.8 Å². The molecule has 3 heterocycles. The topological polar surface area (TPSA) is 59.9 Å². The van der Waals surface area contributed by atoms with E-state index in [-0.39, 0.29) is 0 Å². The molecule has 2 saturated heterocycles. The van der Waals surface area contributed by atoms with Crippen LogP contribution in [0.2, 0.25) is 0 Å². The van der Waals surface area contributed by atoms with Gasteiger partial charge in [0.2, 0.25) is 5.95 Å². The summed E-state index contributed by atoms with van der Waals surface area (Å²) >= 11 is 0. The molecule has 2 aliphatic heterocycles. The van der Waals surface area contributed by atoms with E-state index in [9.17, 15) is 0 Å². The molecule has 0 spiro atoms. The summed E-state index contributed by atoms with van der Waals surface area (Å²) in [6.07, 6.45) is 7.29. The Kier molecular flexibility index (Phi) is 7.71. The SMILES string of the molecule is CN=C(NCCN1CCN(c2ncccn2)CC1)N1CCC(Cc2ccccc2)CC1. The fraction of sp³-hybridized carbons (Fsp3) is 0.542. The third-order valence-corrected chi connectivity index (χ3v) is 6.41. The molecular weight excluding hydrogens is 386 g/mol. The van der Waals surface area contributed by atoms with Crippen LogP contribution >= 0.6 is 0 Å². The molecule has 7 nitrogen and oxygen atoms in total.